The summed E-state index contributed by atoms with van der Waals surface area (Å²) in [6, 6.07) is -0.650. The van der Waals surface area contributed by atoms with Gasteiger partial charge in [-0.05, 0) is 6.08 Å². The molecule has 0 saturated heterocycles. The maximum atomic E-state index is 11.6. The molecule has 11 heteroatoms. The Hall–Kier alpha value is -1.74. The van der Waals surface area contributed by atoms with E-state index in [2.05, 4.69) is 15.3 Å². The van der Waals surface area contributed by atoms with Gasteiger partial charge in [0.25, 0.3) is 5.91 Å². The summed E-state index contributed by atoms with van der Waals surface area (Å²) in [5.74, 6) is -0.301. The van der Waals surface area contributed by atoms with Gasteiger partial charge in [-0.25, -0.2) is 4.99 Å². The second-order valence-electron chi connectivity index (χ2n) is 4.12. The molecule has 2 heterocycles. The maximum Gasteiger partial charge on any atom is 0.350 e. The van der Waals surface area contributed by atoms with Crippen molar-refractivity contribution in [2.45, 2.75) is 12.2 Å². The number of nitrogens with zero attached hydrogens (tertiary/aromatic N) is 3. The second-order valence-corrected chi connectivity index (χ2v) is 5.71. The van der Waals surface area contributed by atoms with Crippen LogP contribution in [0.4, 0.5) is 0 Å². The van der Waals surface area contributed by atoms with Gasteiger partial charge >= 0.3 is 7.60 Å². The fourth-order valence-electron chi connectivity index (χ4n) is 1.70. The third-order valence-corrected chi connectivity index (χ3v) is 3.01. The fraction of sp³-hybridized carbons (Fsp3) is 0.444. The molecular weight excluding hydrogens is 289 g/mol. The number of hydrogen-bond acceptors (Lipinski definition) is 7. The summed E-state index contributed by atoms with van der Waals surface area (Å²) in [5, 5.41) is 2.38. The van der Waals surface area contributed by atoms with E-state index in [4.69, 9.17) is 20.3 Å². The van der Waals surface area contributed by atoms with Gasteiger partial charge in [0.05, 0.1) is 12.9 Å². The topological polar surface area (TPSA) is 150 Å². The first-order chi connectivity index (χ1) is 9.37. The average Bonchev–Trinajstić information content (AvgIpc) is 2.70. The number of hydrogen-bond donors (Lipinski definition) is 4. The Kier molecular flexibility index (Phi) is 4.19. The van der Waals surface area contributed by atoms with Gasteiger partial charge in [0.1, 0.15) is 6.35 Å². The van der Waals surface area contributed by atoms with Gasteiger partial charge in [-0.15, -0.1) is 0 Å². The van der Waals surface area contributed by atoms with Crippen LogP contribution in [0.15, 0.2) is 22.3 Å². The molecule has 110 valence electrons. The van der Waals surface area contributed by atoms with Crippen molar-refractivity contribution in [3.05, 3.63) is 12.3 Å². The molecule has 0 aromatic heterocycles. The quantitative estimate of drug-likeness (QED) is 0.343. The van der Waals surface area contributed by atoms with E-state index >= 15 is 0 Å². The number of fused-ring (bicyclic) bond motifs is 1. The van der Waals surface area contributed by atoms with E-state index in [0.29, 0.717) is 0 Å². The summed E-state index contributed by atoms with van der Waals surface area (Å²) in [6.45, 7) is 0.0121. The number of carbonyl (C=O) groups excluding carboxylic acids is 1. The lowest BCUT2D eigenvalue weighted by Gasteiger charge is -2.25. The van der Waals surface area contributed by atoms with Crippen LogP contribution in [0.5, 0.6) is 0 Å². The van der Waals surface area contributed by atoms with Gasteiger partial charge in [-0.1, -0.05) is 0 Å². The van der Waals surface area contributed by atoms with Crippen molar-refractivity contribution < 1.29 is 23.9 Å². The van der Waals surface area contributed by atoms with E-state index in [1.54, 1.807) is 11.1 Å². The third-order valence-electron chi connectivity index (χ3n) is 2.49. The Balaban J connectivity index is 1.88. The zero-order valence-electron chi connectivity index (χ0n) is 10.3. The van der Waals surface area contributed by atoms with Crippen molar-refractivity contribution in [2.75, 3.05) is 13.0 Å². The van der Waals surface area contributed by atoms with E-state index in [1.165, 1.54) is 12.4 Å². The molecule has 2 aliphatic heterocycles. The highest BCUT2D eigenvalue weighted by Gasteiger charge is 2.38. The van der Waals surface area contributed by atoms with Gasteiger partial charge in [-0.2, -0.15) is 0 Å². The molecule has 2 unspecified atom stereocenters. The highest BCUT2D eigenvalue weighted by atomic mass is 31.2. The Labute approximate surface area is 114 Å². The van der Waals surface area contributed by atoms with Gasteiger partial charge in [-0.3, -0.25) is 19.7 Å². The van der Waals surface area contributed by atoms with E-state index < -0.39 is 26.2 Å². The number of rotatable bonds is 5. The zero-order valence-corrected chi connectivity index (χ0v) is 11.2. The lowest BCUT2D eigenvalue weighted by molar-refractivity contribution is -0.121. The normalized spacial score (nSPS) is 25.8. The van der Waals surface area contributed by atoms with Gasteiger partial charge in [0.15, 0.2) is 18.2 Å². The number of nitrogens with two attached hydrogens (primary N) is 1. The van der Waals surface area contributed by atoms with E-state index in [9.17, 15) is 9.36 Å². The van der Waals surface area contributed by atoms with Crippen molar-refractivity contribution in [3.63, 3.8) is 0 Å². The van der Waals surface area contributed by atoms with Crippen molar-refractivity contribution in [1.29, 1.82) is 0 Å². The first kappa shape index (κ1) is 14.7. The molecule has 5 N–H and O–H groups in total. The summed E-state index contributed by atoms with van der Waals surface area (Å²) in [4.78, 5) is 38.4. The van der Waals surface area contributed by atoms with Crippen molar-refractivity contribution in [3.8, 4) is 0 Å². The fourth-order valence-corrected chi connectivity index (χ4v) is 2.05. The van der Waals surface area contributed by atoms with Crippen molar-refractivity contribution in [1.82, 2.24) is 10.2 Å². The molecule has 10 nitrogen and oxygen atoms in total. The summed E-state index contributed by atoms with van der Waals surface area (Å²) >= 11 is 0. The minimum atomic E-state index is -4.16. The smallest absolute Gasteiger partial charge is 0.350 e. The summed E-state index contributed by atoms with van der Waals surface area (Å²) in [6.07, 6.45) is 3.34. The zero-order chi connectivity index (χ0) is 14.8. The maximum absolute atomic E-state index is 11.6. The van der Waals surface area contributed by atoms with Crippen molar-refractivity contribution in [2.24, 2.45) is 15.7 Å². The molecule has 0 aromatic rings. The van der Waals surface area contributed by atoms with Crippen LogP contribution in [-0.2, 0) is 14.1 Å². The van der Waals surface area contributed by atoms with Crippen LogP contribution in [0.3, 0.4) is 0 Å². The Morgan fingerprint density at radius 3 is 3.05 bits per heavy atom. The molecule has 0 spiro atoms. The van der Waals surface area contributed by atoms with Crippen LogP contribution in [0.1, 0.15) is 0 Å². The number of carbonyl (C=O) groups is 1. The van der Waals surface area contributed by atoms with E-state index in [-0.39, 0.29) is 18.5 Å². The van der Waals surface area contributed by atoms with Crippen LogP contribution < -0.4 is 11.1 Å². The summed E-state index contributed by atoms with van der Waals surface area (Å²) in [7, 11) is -4.16. The molecule has 0 aromatic carbocycles. The summed E-state index contributed by atoms with van der Waals surface area (Å²) < 4.78 is 15.3. The predicted molar refractivity (Wildman–Crippen MR) is 69.7 cm³/mol. The van der Waals surface area contributed by atoms with Crippen LogP contribution in [0, 0.1) is 0 Å². The van der Waals surface area contributed by atoms with Crippen LogP contribution in [0.25, 0.3) is 0 Å². The number of nitrogens with one attached hydrogen (secondary N) is 1. The molecule has 0 radical (unpaired) electrons. The van der Waals surface area contributed by atoms with Crippen LogP contribution in [-0.4, -0.2) is 58.1 Å². The molecule has 2 aliphatic rings. The number of ether oxygens (including phenoxy) is 1. The largest absolute Gasteiger partial charge is 0.370 e. The molecule has 0 bridgehead atoms. The average molecular weight is 303 g/mol. The molecule has 0 saturated carbocycles. The SMILES string of the molecule is NC1=NC2C(N=CN2/C=C/COCP(=O)(O)O)C(=O)N1. The molecular formula is C9H14N5O5P. The van der Waals surface area contributed by atoms with Crippen LogP contribution >= 0.6 is 7.60 Å². The molecule has 0 aliphatic carbocycles. The lowest BCUT2D eigenvalue weighted by atomic mass is 10.2. The standard InChI is InChI=1S/C9H14N5O5P/c10-9-12-7-6(8(15)13-9)11-4-14(7)2-1-3-19-5-20(16,17)18/h1-2,4,6-7H,3,5H2,(H2,16,17,18)(H3,10,12,13,15)/b2-1+. The number of aliphatic imine (C=N–C) groups is 2. The highest BCUT2D eigenvalue weighted by molar-refractivity contribution is 7.51. The predicted octanol–water partition coefficient (Wildman–Crippen LogP) is -1.86. The first-order valence-corrected chi connectivity index (χ1v) is 7.40. The second kappa shape index (κ2) is 5.71. The van der Waals surface area contributed by atoms with Gasteiger partial charge in [0.2, 0.25) is 0 Å². The molecule has 2 rings (SSSR count). The number of amides is 1. The monoisotopic (exact) mass is 303 g/mol. The minimum Gasteiger partial charge on any atom is -0.370 e. The van der Waals surface area contributed by atoms with Gasteiger partial charge in [0, 0.05) is 6.20 Å². The molecule has 20 heavy (non-hydrogen) atoms. The van der Waals surface area contributed by atoms with E-state index in [0.717, 1.165) is 0 Å². The Morgan fingerprint density at radius 1 is 1.60 bits per heavy atom. The molecule has 0 fully saturated rings. The van der Waals surface area contributed by atoms with Crippen LogP contribution in [0.2, 0.25) is 0 Å². The van der Waals surface area contributed by atoms with E-state index in [1.807, 2.05) is 0 Å². The van der Waals surface area contributed by atoms with Gasteiger partial charge < -0.3 is 25.2 Å². The molecule has 2 atom stereocenters. The Bertz CT molecular complexity index is 527. The first-order valence-electron chi connectivity index (χ1n) is 5.61. The highest BCUT2D eigenvalue weighted by Crippen LogP contribution is 2.33. The number of guanidine groups is 1. The molecule has 1 amide bonds. The summed E-state index contributed by atoms with van der Waals surface area (Å²) in [5.41, 5.74) is 5.47. The lowest BCUT2D eigenvalue weighted by Crippen LogP contribution is -2.52. The third kappa shape index (κ3) is 3.64. The minimum absolute atomic E-state index is 0.0121. The Morgan fingerprint density at radius 2 is 2.35 bits per heavy atom. The van der Waals surface area contributed by atoms with Crippen molar-refractivity contribution >= 4 is 25.8 Å².